The number of aryl methyl sites for hydroxylation is 1. The summed E-state index contributed by atoms with van der Waals surface area (Å²) in [5.41, 5.74) is 0. The van der Waals surface area contributed by atoms with Crippen LogP contribution in [0.25, 0.3) is 5.82 Å². The lowest BCUT2D eigenvalue weighted by Crippen LogP contribution is -2.47. The normalized spacial score (nSPS) is 14.8. The van der Waals surface area contributed by atoms with E-state index in [1.165, 1.54) is 0 Å². The lowest BCUT2D eigenvalue weighted by Gasteiger charge is -2.35. The van der Waals surface area contributed by atoms with Crippen molar-refractivity contribution in [3.05, 3.63) is 53.3 Å². The Balaban J connectivity index is 1.47. The Kier molecular flexibility index (Phi) is 4.35. The van der Waals surface area contributed by atoms with Gasteiger partial charge in [0.2, 0.25) is 5.95 Å². The van der Waals surface area contributed by atoms with Gasteiger partial charge in [-0.25, -0.2) is 19.9 Å². The highest BCUT2D eigenvalue weighted by molar-refractivity contribution is 9.10. The molecule has 25 heavy (non-hydrogen) atoms. The number of hydrogen-bond acceptors (Lipinski definition) is 6. The van der Waals surface area contributed by atoms with E-state index in [1.807, 2.05) is 29.8 Å². The second-order valence-corrected chi connectivity index (χ2v) is 6.79. The summed E-state index contributed by atoms with van der Waals surface area (Å²) in [6, 6.07) is 6.10. The van der Waals surface area contributed by atoms with E-state index in [0.29, 0.717) is 0 Å². The van der Waals surface area contributed by atoms with E-state index < -0.39 is 0 Å². The monoisotopic (exact) mass is 399 g/mol. The quantitative estimate of drug-likeness (QED) is 0.673. The zero-order valence-electron chi connectivity index (χ0n) is 13.9. The van der Waals surface area contributed by atoms with E-state index in [0.717, 1.165) is 54.1 Å². The van der Waals surface area contributed by atoms with Gasteiger partial charge in [0.25, 0.3) is 0 Å². The molecule has 0 bridgehead atoms. The first-order chi connectivity index (χ1) is 12.2. The van der Waals surface area contributed by atoms with Crippen LogP contribution < -0.4 is 9.80 Å². The molecule has 0 saturated carbocycles. The molecule has 0 amide bonds. The van der Waals surface area contributed by atoms with Gasteiger partial charge in [-0.2, -0.15) is 0 Å². The van der Waals surface area contributed by atoms with E-state index >= 15 is 0 Å². The second-order valence-electron chi connectivity index (χ2n) is 5.87. The van der Waals surface area contributed by atoms with Crippen molar-refractivity contribution in [3.63, 3.8) is 0 Å². The fourth-order valence-corrected chi connectivity index (χ4v) is 3.15. The minimum absolute atomic E-state index is 0.776. The average Bonchev–Trinajstić information content (AvgIpc) is 3.09. The van der Waals surface area contributed by atoms with Crippen LogP contribution in [-0.4, -0.2) is 50.7 Å². The molecule has 4 rings (SSSR count). The molecule has 3 aromatic rings. The van der Waals surface area contributed by atoms with Crippen molar-refractivity contribution < 1.29 is 0 Å². The van der Waals surface area contributed by atoms with Crippen LogP contribution in [0.3, 0.4) is 0 Å². The first-order valence-electron chi connectivity index (χ1n) is 8.15. The topological polar surface area (TPSA) is 63.0 Å². The third kappa shape index (κ3) is 3.34. The Hall–Kier alpha value is -2.48. The number of rotatable bonds is 3. The molecule has 128 valence electrons. The first-order valence-corrected chi connectivity index (χ1v) is 8.95. The van der Waals surface area contributed by atoms with Gasteiger partial charge < -0.3 is 9.80 Å². The fourth-order valence-electron chi connectivity index (χ4n) is 2.95. The summed E-state index contributed by atoms with van der Waals surface area (Å²) >= 11 is 3.37. The van der Waals surface area contributed by atoms with Crippen LogP contribution in [0, 0.1) is 6.92 Å². The van der Waals surface area contributed by atoms with E-state index in [-0.39, 0.29) is 0 Å². The second kappa shape index (κ2) is 6.79. The van der Waals surface area contributed by atoms with Gasteiger partial charge in [-0.15, -0.1) is 0 Å². The summed E-state index contributed by atoms with van der Waals surface area (Å²) < 4.78 is 2.89. The molecular weight excluding hydrogens is 382 g/mol. The summed E-state index contributed by atoms with van der Waals surface area (Å²) in [6.45, 7) is 5.50. The number of hydrogen-bond donors (Lipinski definition) is 0. The number of halogens is 1. The molecule has 3 aromatic heterocycles. The Morgan fingerprint density at radius 1 is 0.920 bits per heavy atom. The average molecular weight is 400 g/mol. The molecule has 7 nitrogen and oxygen atoms in total. The van der Waals surface area contributed by atoms with Gasteiger partial charge in [0.1, 0.15) is 17.5 Å². The smallest absolute Gasteiger partial charge is 0.225 e. The molecule has 0 aliphatic carbocycles. The Morgan fingerprint density at radius 2 is 1.60 bits per heavy atom. The SMILES string of the molecule is Cc1nccn1-c1cccc(N2CCN(c3ncc(Br)cn3)CC2)n1. The molecule has 1 fully saturated rings. The Labute approximate surface area is 154 Å². The molecule has 1 saturated heterocycles. The summed E-state index contributed by atoms with van der Waals surface area (Å²) in [4.78, 5) is 22.3. The van der Waals surface area contributed by atoms with Gasteiger partial charge in [0, 0.05) is 51.0 Å². The lowest BCUT2D eigenvalue weighted by atomic mass is 10.3. The first kappa shape index (κ1) is 16.0. The van der Waals surface area contributed by atoms with E-state index in [1.54, 1.807) is 18.6 Å². The number of pyridine rings is 1. The predicted octanol–water partition coefficient (Wildman–Crippen LogP) is 2.45. The third-order valence-electron chi connectivity index (χ3n) is 4.29. The minimum Gasteiger partial charge on any atom is -0.353 e. The maximum atomic E-state index is 4.80. The van der Waals surface area contributed by atoms with Crippen LogP contribution in [0.2, 0.25) is 0 Å². The molecule has 0 N–H and O–H groups in total. The van der Waals surface area contributed by atoms with Crippen LogP contribution in [-0.2, 0) is 0 Å². The van der Waals surface area contributed by atoms with Crippen molar-refractivity contribution in [2.24, 2.45) is 0 Å². The molecule has 0 aromatic carbocycles. The van der Waals surface area contributed by atoms with Gasteiger partial charge in [-0.05, 0) is 35.0 Å². The molecule has 4 heterocycles. The zero-order chi connectivity index (χ0) is 17.2. The number of anilines is 2. The van der Waals surface area contributed by atoms with Gasteiger partial charge in [0.15, 0.2) is 0 Å². The van der Waals surface area contributed by atoms with Gasteiger partial charge in [0.05, 0.1) is 4.47 Å². The van der Waals surface area contributed by atoms with Gasteiger partial charge in [-0.1, -0.05) is 6.07 Å². The zero-order valence-corrected chi connectivity index (χ0v) is 15.5. The number of piperazine rings is 1. The molecule has 0 unspecified atom stereocenters. The van der Waals surface area contributed by atoms with Crippen LogP contribution in [0.5, 0.6) is 0 Å². The largest absolute Gasteiger partial charge is 0.353 e. The molecule has 8 heteroatoms. The third-order valence-corrected chi connectivity index (χ3v) is 4.69. The number of nitrogens with zero attached hydrogens (tertiary/aromatic N) is 7. The van der Waals surface area contributed by atoms with Crippen molar-refractivity contribution in [2.45, 2.75) is 6.92 Å². The van der Waals surface area contributed by atoms with Gasteiger partial charge in [-0.3, -0.25) is 4.57 Å². The van der Waals surface area contributed by atoms with Crippen molar-refractivity contribution >= 4 is 27.7 Å². The van der Waals surface area contributed by atoms with Crippen molar-refractivity contribution in [3.8, 4) is 5.82 Å². The molecule has 1 aliphatic heterocycles. The fraction of sp³-hybridized carbons (Fsp3) is 0.294. The van der Waals surface area contributed by atoms with Crippen LogP contribution in [0.1, 0.15) is 5.82 Å². The van der Waals surface area contributed by atoms with Gasteiger partial charge >= 0.3 is 0 Å². The van der Waals surface area contributed by atoms with E-state index in [4.69, 9.17) is 4.98 Å². The minimum atomic E-state index is 0.776. The van der Waals surface area contributed by atoms with Crippen molar-refractivity contribution in [2.75, 3.05) is 36.0 Å². The predicted molar refractivity (Wildman–Crippen MR) is 100 cm³/mol. The number of aromatic nitrogens is 5. The molecule has 0 atom stereocenters. The lowest BCUT2D eigenvalue weighted by molar-refractivity contribution is 0.633. The summed E-state index contributed by atoms with van der Waals surface area (Å²) in [5.74, 6) is 3.59. The van der Waals surface area contributed by atoms with Crippen LogP contribution in [0.4, 0.5) is 11.8 Å². The molecule has 0 radical (unpaired) electrons. The highest BCUT2D eigenvalue weighted by atomic mass is 79.9. The standard InChI is InChI=1S/C17H18BrN7/c1-13-19-5-6-25(13)16-4-2-3-15(22-16)23-7-9-24(10-8-23)17-20-11-14(18)12-21-17/h2-6,11-12H,7-10H2,1H3. The highest BCUT2D eigenvalue weighted by Gasteiger charge is 2.20. The summed E-state index contributed by atoms with van der Waals surface area (Å²) in [5, 5.41) is 0. The molecule has 1 aliphatic rings. The van der Waals surface area contributed by atoms with Crippen molar-refractivity contribution in [1.29, 1.82) is 0 Å². The maximum absolute atomic E-state index is 4.80. The number of imidazole rings is 1. The molecular formula is C17H18BrN7. The maximum Gasteiger partial charge on any atom is 0.225 e. The Bertz CT molecular complexity index is 853. The van der Waals surface area contributed by atoms with E-state index in [2.05, 4.69) is 46.7 Å². The Morgan fingerprint density at radius 3 is 2.28 bits per heavy atom. The summed E-state index contributed by atoms with van der Waals surface area (Å²) in [6.07, 6.45) is 7.30. The van der Waals surface area contributed by atoms with Crippen LogP contribution in [0.15, 0.2) is 47.5 Å². The highest BCUT2D eigenvalue weighted by Crippen LogP contribution is 2.19. The van der Waals surface area contributed by atoms with E-state index in [9.17, 15) is 0 Å². The van der Waals surface area contributed by atoms with Crippen LogP contribution >= 0.6 is 15.9 Å². The summed E-state index contributed by atoms with van der Waals surface area (Å²) in [7, 11) is 0. The van der Waals surface area contributed by atoms with Crippen molar-refractivity contribution in [1.82, 2.24) is 24.5 Å². The molecule has 0 spiro atoms.